The second kappa shape index (κ2) is 8.73. The highest BCUT2D eigenvalue weighted by atomic mass is 35.5. The van der Waals surface area contributed by atoms with Crippen LogP contribution in [0.1, 0.15) is 39.2 Å². The van der Waals surface area contributed by atoms with E-state index in [1.165, 1.54) is 0 Å². The molecule has 0 aromatic heterocycles. The number of benzene rings is 1. The van der Waals surface area contributed by atoms with Crippen molar-refractivity contribution in [3.8, 4) is 0 Å². The van der Waals surface area contributed by atoms with E-state index in [1.54, 1.807) is 18.2 Å². The molecule has 0 atom stereocenters. The van der Waals surface area contributed by atoms with Gasteiger partial charge in [0, 0.05) is 18.1 Å². The second-order valence-electron chi connectivity index (χ2n) is 5.47. The van der Waals surface area contributed by atoms with Gasteiger partial charge < -0.3 is 5.32 Å². The van der Waals surface area contributed by atoms with Crippen molar-refractivity contribution < 1.29 is 8.42 Å². The molecule has 0 amide bonds. The minimum atomic E-state index is -3.46. The highest BCUT2D eigenvalue weighted by Crippen LogP contribution is 2.20. The molecule has 0 unspecified atom stereocenters. The SMILES string of the molecule is CCNCc1cc(S(=O)(=O)NCCCC(C)C)ccc1Cl. The first-order valence-corrected chi connectivity index (χ1v) is 9.21. The van der Waals surface area contributed by atoms with Gasteiger partial charge in [-0.2, -0.15) is 0 Å². The van der Waals surface area contributed by atoms with Crippen molar-refractivity contribution in [3.63, 3.8) is 0 Å². The van der Waals surface area contributed by atoms with Gasteiger partial charge in [-0.15, -0.1) is 0 Å². The van der Waals surface area contributed by atoms with Crippen molar-refractivity contribution >= 4 is 21.6 Å². The summed E-state index contributed by atoms with van der Waals surface area (Å²) in [4.78, 5) is 0.268. The summed E-state index contributed by atoms with van der Waals surface area (Å²) in [6.07, 6.45) is 1.85. The Hall–Kier alpha value is -0.620. The van der Waals surface area contributed by atoms with Crippen LogP contribution in [0.25, 0.3) is 0 Å². The van der Waals surface area contributed by atoms with Gasteiger partial charge in [0.1, 0.15) is 0 Å². The molecule has 2 N–H and O–H groups in total. The van der Waals surface area contributed by atoms with Gasteiger partial charge in [0.25, 0.3) is 0 Å². The predicted octanol–water partition coefficient (Wildman–Crippen LogP) is 3.16. The Kier molecular flexibility index (Phi) is 7.66. The number of rotatable bonds is 9. The van der Waals surface area contributed by atoms with Crippen molar-refractivity contribution in [3.05, 3.63) is 28.8 Å². The van der Waals surface area contributed by atoms with E-state index in [1.807, 2.05) is 6.92 Å². The Morgan fingerprint density at radius 2 is 2.00 bits per heavy atom. The van der Waals surface area contributed by atoms with Crippen molar-refractivity contribution in [1.82, 2.24) is 10.0 Å². The van der Waals surface area contributed by atoms with Gasteiger partial charge >= 0.3 is 0 Å². The smallest absolute Gasteiger partial charge is 0.240 e. The lowest BCUT2D eigenvalue weighted by molar-refractivity contribution is 0.540. The molecule has 21 heavy (non-hydrogen) atoms. The minimum Gasteiger partial charge on any atom is -0.313 e. The molecule has 0 saturated carbocycles. The molecule has 1 rings (SSSR count). The summed E-state index contributed by atoms with van der Waals surface area (Å²) in [6.45, 7) is 8.07. The van der Waals surface area contributed by atoms with Crippen LogP contribution in [-0.4, -0.2) is 21.5 Å². The van der Waals surface area contributed by atoms with E-state index in [-0.39, 0.29) is 4.90 Å². The summed E-state index contributed by atoms with van der Waals surface area (Å²) in [5.41, 5.74) is 0.795. The second-order valence-corrected chi connectivity index (χ2v) is 7.64. The summed E-state index contributed by atoms with van der Waals surface area (Å²) in [5.74, 6) is 0.580. The monoisotopic (exact) mass is 332 g/mol. The van der Waals surface area contributed by atoms with E-state index in [9.17, 15) is 8.42 Å². The quantitative estimate of drug-likeness (QED) is 0.683. The topological polar surface area (TPSA) is 58.2 Å². The zero-order valence-corrected chi connectivity index (χ0v) is 14.5. The molecule has 6 heteroatoms. The molecule has 0 spiro atoms. The molecule has 0 radical (unpaired) electrons. The molecule has 0 saturated heterocycles. The van der Waals surface area contributed by atoms with Gasteiger partial charge in [0.15, 0.2) is 0 Å². The van der Waals surface area contributed by atoms with Crippen LogP contribution in [0.15, 0.2) is 23.1 Å². The first-order chi connectivity index (χ1) is 9.86. The van der Waals surface area contributed by atoms with Crippen molar-refractivity contribution in [2.45, 2.75) is 45.1 Å². The molecular formula is C15H25ClN2O2S. The molecule has 1 aromatic carbocycles. The molecule has 0 bridgehead atoms. The van der Waals surface area contributed by atoms with Crippen LogP contribution in [0.2, 0.25) is 5.02 Å². The molecule has 0 aliphatic carbocycles. The van der Waals surface area contributed by atoms with E-state index in [2.05, 4.69) is 23.9 Å². The van der Waals surface area contributed by atoms with Crippen LogP contribution < -0.4 is 10.0 Å². The largest absolute Gasteiger partial charge is 0.313 e. The molecule has 120 valence electrons. The molecule has 0 aliphatic rings. The fraction of sp³-hybridized carbons (Fsp3) is 0.600. The molecule has 4 nitrogen and oxygen atoms in total. The molecular weight excluding hydrogens is 308 g/mol. The number of hydrogen-bond donors (Lipinski definition) is 2. The summed E-state index contributed by atoms with van der Waals surface area (Å²) < 4.78 is 27.1. The standard InChI is InChI=1S/C15H25ClN2O2S/c1-4-17-11-13-10-14(7-8-15(13)16)21(19,20)18-9-5-6-12(2)3/h7-8,10,12,17-18H,4-6,9,11H2,1-3H3. The van der Waals surface area contributed by atoms with E-state index in [0.29, 0.717) is 24.0 Å². The summed E-state index contributed by atoms with van der Waals surface area (Å²) in [5, 5.41) is 3.73. The van der Waals surface area contributed by atoms with Gasteiger partial charge in [0.2, 0.25) is 10.0 Å². The van der Waals surface area contributed by atoms with Crippen LogP contribution >= 0.6 is 11.6 Å². The van der Waals surface area contributed by atoms with Crippen molar-refractivity contribution in [2.75, 3.05) is 13.1 Å². The number of sulfonamides is 1. The lowest BCUT2D eigenvalue weighted by Gasteiger charge is -2.11. The van der Waals surface area contributed by atoms with E-state index >= 15 is 0 Å². The maximum Gasteiger partial charge on any atom is 0.240 e. The van der Waals surface area contributed by atoms with Gasteiger partial charge in [-0.1, -0.05) is 32.4 Å². The van der Waals surface area contributed by atoms with Gasteiger partial charge in [0.05, 0.1) is 4.90 Å². The Labute approximate surface area is 133 Å². The first-order valence-electron chi connectivity index (χ1n) is 7.35. The Morgan fingerprint density at radius 3 is 2.62 bits per heavy atom. The van der Waals surface area contributed by atoms with Gasteiger partial charge in [-0.05, 0) is 49.1 Å². The third kappa shape index (κ3) is 6.34. The zero-order valence-electron chi connectivity index (χ0n) is 12.9. The van der Waals surface area contributed by atoms with E-state index in [4.69, 9.17) is 11.6 Å². The summed E-state index contributed by atoms with van der Waals surface area (Å²) in [7, 11) is -3.46. The third-order valence-electron chi connectivity index (χ3n) is 3.14. The van der Waals surface area contributed by atoms with Crippen LogP contribution in [0.4, 0.5) is 0 Å². The molecule has 0 heterocycles. The lowest BCUT2D eigenvalue weighted by atomic mass is 10.1. The Bertz CT molecular complexity index is 545. The number of hydrogen-bond acceptors (Lipinski definition) is 3. The maximum atomic E-state index is 12.2. The van der Waals surface area contributed by atoms with Crippen LogP contribution in [0.5, 0.6) is 0 Å². The van der Waals surface area contributed by atoms with E-state index < -0.39 is 10.0 Å². The van der Waals surface area contributed by atoms with Crippen LogP contribution in [0, 0.1) is 5.92 Å². The predicted molar refractivity (Wildman–Crippen MR) is 88.1 cm³/mol. The third-order valence-corrected chi connectivity index (χ3v) is 4.97. The fourth-order valence-electron chi connectivity index (χ4n) is 1.91. The molecule has 1 aromatic rings. The van der Waals surface area contributed by atoms with Gasteiger partial charge in [-0.25, -0.2) is 13.1 Å². The first kappa shape index (κ1) is 18.4. The van der Waals surface area contributed by atoms with Crippen molar-refractivity contribution in [2.24, 2.45) is 5.92 Å². The summed E-state index contributed by atoms with van der Waals surface area (Å²) in [6, 6.07) is 4.81. The lowest BCUT2D eigenvalue weighted by Crippen LogP contribution is -2.25. The Balaban J connectivity index is 2.73. The van der Waals surface area contributed by atoms with Crippen LogP contribution in [-0.2, 0) is 16.6 Å². The van der Waals surface area contributed by atoms with Gasteiger partial charge in [-0.3, -0.25) is 0 Å². The van der Waals surface area contributed by atoms with Crippen LogP contribution in [0.3, 0.4) is 0 Å². The van der Waals surface area contributed by atoms with Crippen molar-refractivity contribution in [1.29, 1.82) is 0 Å². The maximum absolute atomic E-state index is 12.2. The summed E-state index contributed by atoms with van der Waals surface area (Å²) >= 11 is 6.09. The highest BCUT2D eigenvalue weighted by Gasteiger charge is 2.15. The normalized spacial score (nSPS) is 12.0. The molecule has 0 aliphatic heterocycles. The minimum absolute atomic E-state index is 0.268. The molecule has 0 fully saturated rings. The fourth-order valence-corrected chi connectivity index (χ4v) is 3.22. The average molecular weight is 333 g/mol. The number of nitrogens with one attached hydrogen (secondary N) is 2. The van der Waals surface area contributed by atoms with E-state index in [0.717, 1.165) is 24.9 Å². The number of halogens is 1. The Morgan fingerprint density at radius 1 is 1.29 bits per heavy atom. The highest BCUT2D eigenvalue weighted by molar-refractivity contribution is 7.89. The zero-order chi connectivity index (χ0) is 15.9. The average Bonchev–Trinajstić information content (AvgIpc) is 2.42.